The van der Waals surface area contributed by atoms with Crippen LogP contribution in [0.25, 0.3) is 22.6 Å². The van der Waals surface area contributed by atoms with Crippen molar-refractivity contribution in [3.63, 3.8) is 0 Å². The Balaban J connectivity index is 1.84. The molecule has 0 radical (unpaired) electrons. The second-order valence-corrected chi connectivity index (χ2v) is 8.00. The van der Waals surface area contributed by atoms with Gasteiger partial charge in [0.05, 0.1) is 22.7 Å². The fourth-order valence-corrected chi connectivity index (χ4v) is 3.89. The van der Waals surface area contributed by atoms with Gasteiger partial charge >= 0.3 is 6.18 Å². The molecular formula is C26H18ClF3N2. The summed E-state index contributed by atoms with van der Waals surface area (Å²) in [7, 11) is 0. The molecule has 0 saturated carbocycles. The fourth-order valence-electron chi connectivity index (χ4n) is 3.73. The van der Waals surface area contributed by atoms with Crippen LogP contribution in [0.3, 0.4) is 0 Å². The van der Waals surface area contributed by atoms with Gasteiger partial charge in [0.1, 0.15) is 0 Å². The number of hydrogen-bond donors (Lipinski definition) is 0. The summed E-state index contributed by atoms with van der Waals surface area (Å²) in [6.07, 6.45) is -0.925. The highest BCUT2D eigenvalue weighted by molar-refractivity contribution is 6.31. The third-order valence-corrected chi connectivity index (χ3v) is 5.56. The molecular weight excluding hydrogens is 433 g/mol. The Labute approximate surface area is 188 Å². The van der Waals surface area contributed by atoms with Gasteiger partial charge in [-0.25, -0.2) is 0 Å². The molecule has 3 aromatic carbocycles. The van der Waals surface area contributed by atoms with Crippen molar-refractivity contribution in [2.45, 2.75) is 19.6 Å². The number of benzene rings is 3. The summed E-state index contributed by atoms with van der Waals surface area (Å²) in [5.74, 6) is 0. The van der Waals surface area contributed by atoms with E-state index < -0.39 is 11.7 Å². The molecule has 0 aliphatic heterocycles. The zero-order valence-corrected chi connectivity index (χ0v) is 17.9. The van der Waals surface area contributed by atoms with Crippen LogP contribution in [0.2, 0.25) is 5.02 Å². The first kappa shape index (κ1) is 21.7. The van der Waals surface area contributed by atoms with Crippen molar-refractivity contribution in [2.24, 2.45) is 0 Å². The summed E-state index contributed by atoms with van der Waals surface area (Å²) in [4.78, 5) is 0. The van der Waals surface area contributed by atoms with E-state index in [0.717, 1.165) is 28.1 Å². The number of aromatic nitrogens is 1. The van der Waals surface area contributed by atoms with Gasteiger partial charge in [0, 0.05) is 28.7 Å². The molecule has 1 heterocycles. The highest BCUT2D eigenvalue weighted by Crippen LogP contribution is 2.34. The first-order valence-corrected chi connectivity index (χ1v) is 10.3. The van der Waals surface area contributed by atoms with E-state index in [4.69, 9.17) is 11.6 Å². The highest BCUT2D eigenvalue weighted by Gasteiger charge is 2.33. The Morgan fingerprint density at radius 2 is 1.78 bits per heavy atom. The number of halogens is 4. The number of nitrogens with zero attached hydrogens (tertiary/aromatic N) is 2. The maximum atomic E-state index is 13.5. The molecule has 0 saturated heterocycles. The van der Waals surface area contributed by atoms with Crippen LogP contribution in [-0.2, 0) is 12.7 Å². The zero-order chi connectivity index (χ0) is 22.9. The third kappa shape index (κ3) is 4.42. The average Bonchev–Trinajstić information content (AvgIpc) is 3.08. The Morgan fingerprint density at radius 3 is 2.47 bits per heavy atom. The van der Waals surface area contributed by atoms with E-state index in [-0.39, 0.29) is 12.1 Å². The van der Waals surface area contributed by atoms with Crippen molar-refractivity contribution < 1.29 is 13.2 Å². The molecule has 0 spiro atoms. The van der Waals surface area contributed by atoms with E-state index in [2.05, 4.69) is 6.07 Å². The Bertz CT molecular complexity index is 1360. The van der Waals surface area contributed by atoms with E-state index in [1.54, 1.807) is 35.0 Å². The van der Waals surface area contributed by atoms with Crippen LogP contribution in [0.1, 0.15) is 27.8 Å². The van der Waals surface area contributed by atoms with Crippen LogP contribution in [0.5, 0.6) is 0 Å². The van der Waals surface area contributed by atoms with E-state index in [9.17, 15) is 18.4 Å². The Morgan fingerprint density at radius 1 is 1.06 bits per heavy atom. The summed E-state index contributed by atoms with van der Waals surface area (Å²) < 4.78 is 42.2. The highest BCUT2D eigenvalue weighted by atomic mass is 35.5. The van der Waals surface area contributed by atoms with Crippen LogP contribution >= 0.6 is 11.6 Å². The van der Waals surface area contributed by atoms with E-state index >= 15 is 0 Å². The number of alkyl halides is 3. The predicted molar refractivity (Wildman–Crippen MR) is 122 cm³/mol. The van der Waals surface area contributed by atoms with E-state index in [1.165, 1.54) is 12.1 Å². The lowest BCUT2D eigenvalue weighted by Crippen LogP contribution is -2.11. The lowest BCUT2D eigenvalue weighted by atomic mass is 10.0. The minimum atomic E-state index is -4.45. The molecule has 1 aromatic heterocycles. The van der Waals surface area contributed by atoms with Crippen molar-refractivity contribution >= 4 is 34.2 Å². The molecule has 6 heteroatoms. The second kappa shape index (κ2) is 8.57. The molecule has 0 atom stereocenters. The SMILES string of the molecule is Cc1ccc(/C(C#N)=C/c2cn(Cc3ccccc3C(F)(F)F)c3cc(Cl)ccc23)cc1. The second-order valence-electron chi connectivity index (χ2n) is 7.56. The average molecular weight is 451 g/mol. The molecule has 32 heavy (non-hydrogen) atoms. The molecule has 160 valence electrons. The smallest absolute Gasteiger partial charge is 0.342 e. The maximum absolute atomic E-state index is 13.5. The molecule has 0 unspecified atom stereocenters. The van der Waals surface area contributed by atoms with Crippen LogP contribution in [0.4, 0.5) is 13.2 Å². The van der Waals surface area contributed by atoms with Crippen molar-refractivity contribution in [3.8, 4) is 6.07 Å². The molecule has 4 aromatic rings. The first-order chi connectivity index (χ1) is 15.3. The number of aryl methyl sites for hydroxylation is 1. The fraction of sp³-hybridized carbons (Fsp3) is 0.115. The molecule has 0 amide bonds. The summed E-state index contributed by atoms with van der Waals surface area (Å²) in [5.41, 5.74) is 3.25. The molecule has 0 aliphatic rings. The minimum absolute atomic E-state index is 0.0206. The maximum Gasteiger partial charge on any atom is 0.416 e. The summed E-state index contributed by atoms with van der Waals surface area (Å²) in [5, 5.41) is 11.0. The Kier molecular flexibility index (Phi) is 5.82. The number of fused-ring (bicyclic) bond motifs is 1. The van der Waals surface area contributed by atoms with E-state index in [0.29, 0.717) is 16.1 Å². The van der Waals surface area contributed by atoms with Gasteiger partial charge in [-0.2, -0.15) is 18.4 Å². The number of hydrogen-bond acceptors (Lipinski definition) is 1. The number of allylic oxidation sites excluding steroid dienone is 1. The normalized spacial score (nSPS) is 12.2. The predicted octanol–water partition coefficient (Wildman–Crippen LogP) is 7.73. The van der Waals surface area contributed by atoms with Gasteiger partial charge in [-0.05, 0) is 42.3 Å². The number of nitriles is 1. The van der Waals surface area contributed by atoms with E-state index in [1.807, 2.05) is 37.3 Å². The van der Waals surface area contributed by atoms with Crippen LogP contribution in [-0.4, -0.2) is 4.57 Å². The lowest BCUT2D eigenvalue weighted by molar-refractivity contribution is -0.138. The molecule has 2 nitrogen and oxygen atoms in total. The lowest BCUT2D eigenvalue weighted by Gasteiger charge is -2.14. The number of rotatable bonds is 4. The van der Waals surface area contributed by atoms with Gasteiger partial charge in [0.2, 0.25) is 0 Å². The topological polar surface area (TPSA) is 28.7 Å². The van der Waals surface area contributed by atoms with Crippen molar-refractivity contribution in [1.29, 1.82) is 5.26 Å². The third-order valence-electron chi connectivity index (χ3n) is 5.32. The van der Waals surface area contributed by atoms with Gasteiger partial charge < -0.3 is 4.57 Å². The van der Waals surface area contributed by atoms with Crippen LogP contribution in [0.15, 0.2) is 72.9 Å². The zero-order valence-electron chi connectivity index (χ0n) is 17.1. The molecule has 0 fully saturated rings. The van der Waals surface area contributed by atoms with Gasteiger partial charge in [0.25, 0.3) is 0 Å². The monoisotopic (exact) mass is 450 g/mol. The van der Waals surface area contributed by atoms with Gasteiger partial charge in [-0.3, -0.25) is 0 Å². The van der Waals surface area contributed by atoms with Gasteiger partial charge in [-0.1, -0.05) is 65.7 Å². The molecule has 4 rings (SSSR count). The standard InChI is InChI=1S/C26H18ClF3N2/c1-17-6-8-18(9-7-17)20(14-31)12-21-16-32(25-13-22(27)10-11-23(21)25)15-19-4-2-3-5-24(19)26(28,29)30/h2-13,16H,15H2,1H3/b20-12+. The largest absolute Gasteiger partial charge is 0.416 e. The summed E-state index contributed by atoms with van der Waals surface area (Å²) in [6.45, 7) is 1.99. The molecule has 0 bridgehead atoms. The van der Waals surface area contributed by atoms with Crippen molar-refractivity contribution in [3.05, 3.63) is 106 Å². The summed E-state index contributed by atoms with van der Waals surface area (Å²) in [6, 6.07) is 20.6. The van der Waals surface area contributed by atoms with Gasteiger partial charge in [-0.15, -0.1) is 0 Å². The van der Waals surface area contributed by atoms with Crippen molar-refractivity contribution in [2.75, 3.05) is 0 Å². The molecule has 0 N–H and O–H groups in total. The first-order valence-electron chi connectivity index (χ1n) is 9.88. The quantitative estimate of drug-likeness (QED) is 0.292. The summed E-state index contributed by atoms with van der Waals surface area (Å²) >= 11 is 6.19. The van der Waals surface area contributed by atoms with Crippen LogP contribution in [0, 0.1) is 18.3 Å². The van der Waals surface area contributed by atoms with Crippen molar-refractivity contribution in [1.82, 2.24) is 4.57 Å². The van der Waals surface area contributed by atoms with Gasteiger partial charge in [0.15, 0.2) is 0 Å². The molecule has 0 aliphatic carbocycles. The van der Waals surface area contributed by atoms with Crippen LogP contribution < -0.4 is 0 Å². The minimum Gasteiger partial charge on any atom is -0.342 e. The Hall–Kier alpha value is -3.49.